The third kappa shape index (κ3) is 5.61. The van der Waals surface area contributed by atoms with Crippen LogP contribution in [0.4, 0.5) is 0 Å². The van der Waals surface area contributed by atoms with Crippen LogP contribution in [0.1, 0.15) is 53.9 Å². The standard InChI is InChI=1S/C13H20.C2H6/c1-10(2)12(4)9-13-7-5-11(3)6-8-13;1-2/h5,7,12H,1,6,8-9H2,2-4H3;1-2H3. The minimum Gasteiger partial charge on any atom is -0.0999 e. The Hall–Kier alpha value is -0.780. The van der Waals surface area contributed by atoms with Gasteiger partial charge in [0.1, 0.15) is 0 Å². The van der Waals surface area contributed by atoms with E-state index in [4.69, 9.17) is 0 Å². The van der Waals surface area contributed by atoms with E-state index in [1.54, 1.807) is 5.57 Å². The summed E-state index contributed by atoms with van der Waals surface area (Å²) in [6, 6.07) is 0. The fourth-order valence-corrected chi connectivity index (χ4v) is 1.52. The quantitative estimate of drug-likeness (QED) is 0.551. The zero-order valence-electron chi connectivity index (χ0n) is 11.1. The SMILES string of the molecule is C=C(C)C(C)CC1=CC=C(C)CC1.CC. The van der Waals surface area contributed by atoms with Crippen molar-refractivity contribution in [2.75, 3.05) is 0 Å². The Morgan fingerprint density at radius 2 is 1.93 bits per heavy atom. The van der Waals surface area contributed by atoms with Gasteiger partial charge in [0.25, 0.3) is 0 Å². The predicted molar refractivity (Wildman–Crippen MR) is 71.0 cm³/mol. The molecule has 1 unspecified atom stereocenters. The third-order valence-corrected chi connectivity index (χ3v) is 2.85. The number of hydrogen-bond acceptors (Lipinski definition) is 0. The van der Waals surface area contributed by atoms with E-state index in [0.717, 1.165) is 0 Å². The molecule has 1 rings (SSSR count). The summed E-state index contributed by atoms with van der Waals surface area (Å²) in [4.78, 5) is 0. The Bertz CT molecular complexity index is 253. The van der Waals surface area contributed by atoms with Gasteiger partial charge in [0, 0.05) is 0 Å². The van der Waals surface area contributed by atoms with Gasteiger partial charge in [0.15, 0.2) is 0 Å². The van der Waals surface area contributed by atoms with Crippen LogP contribution in [-0.4, -0.2) is 0 Å². The van der Waals surface area contributed by atoms with Gasteiger partial charge >= 0.3 is 0 Å². The van der Waals surface area contributed by atoms with Gasteiger partial charge in [-0.15, -0.1) is 0 Å². The smallest absolute Gasteiger partial charge is 0.0200 e. The Morgan fingerprint density at radius 3 is 2.33 bits per heavy atom. The lowest BCUT2D eigenvalue weighted by Crippen LogP contribution is -2.00. The normalized spacial score (nSPS) is 16.9. The van der Waals surface area contributed by atoms with Crippen LogP contribution < -0.4 is 0 Å². The summed E-state index contributed by atoms with van der Waals surface area (Å²) < 4.78 is 0. The summed E-state index contributed by atoms with van der Waals surface area (Å²) in [7, 11) is 0. The van der Waals surface area contributed by atoms with Gasteiger partial charge in [-0.1, -0.05) is 56.2 Å². The highest BCUT2D eigenvalue weighted by atomic mass is 14.1. The Labute approximate surface area is 95.8 Å². The Kier molecular flexibility index (Phi) is 7.11. The summed E-state index contributed by atoms with van der Waals surface area (Å²) in [6.45, 7) is 14.6. The van der Waals surface area contributed by atoms with Gasteiger partial charge in [0.2, 0.25) is 0 Å². The molecule has 0 aliphatic heterocycles. The average molecular weight is 206 g/mol. The molecule has 0 saturated carbocycles. The number of rotatable bonds is 3. The molecule has 0 amide bonds. The van der Waals surface area contributed by atoms with Crippen LogP contribution in [0.25, 0.3) is 0 Å². The zero-order chi connectivity index (χ0) is 11.8. The minimum atomic E-state index is 0.637. The highest BCUT2D eigenvalue weighted by molar-refractivity contribution is 5.23. The first kappa shape index (κ1) is 14.2. The van der Waals surface area contributed by atoms with Crippen LogP contribution in [0.2, 0.25) is 0 Å². The molecule has 0 bridgehead atoms. The first-order chi connectivity index (χ1) is 7.09. The molecule has 0 aromatic heterocycles. The highest BCUT2D eigenvalue weighted by Gasteiger charge is 2.08. The summed E-state index contributed by atoms with van der Waals surface area (Å²) in [5, 5.41) is 0. The molecular formula is C15H26. The van der Waals surface area contributed by atoms with Crippen molar-refractivity contribution in [2.24, 2.45) is 5.92 Å². The second-order valence-corrected chi connectivity index (χ2v) is 4.29. The monoisotopic (exact) mass is 206 g/mol. The summed E-state index contributed by atoms with van der Waals surface area (Å²) in [5.74, 6) is 0.637. The fourth-order valence-electron chi connectivity index (χ4n) is 1.52. The van der Waals surface area contributed by atoms with Crippen molar-refractivity contribution in [3.8, 4) is 0 Å². The highest BCUT2D eigenvalue weighted by Crippen LogP contribution is 2.25. The summed E-state index contributed by atoms with van der Waals surface area (Å²) in [6.07, 6.45) is 8.23. The molecular weight excluding hydrogens is 180 g/mol. The van der Waals surface area contributed by atoms with Gasteiger partial charge < -0.3 is 0 Å². The number of hydrogen-bond donors (Lipinski definition) is 0. The van der Waals surface area contributed by atoms with Crippen molar-refractivity contribution in [1.82, 2.24) is 0 Å². The van der Waals surface area contributed by atoms with Crippen LogP contribution in [0.15, 0.2) is 35.5 Å². The van der Waals surface area contributed by atoms with Crippen molar-refractivity contribution in [3.05, 3.63) is 35.5 Å². The van der Waals surface area contributed by atoms with Crippen LogP contribution >= 0.6 is 0 Å². The van der Waals surface area contributed by atoms with E-state index in [0.29, 0.717) is 5.92 Å². The van der Waals surface area contributed by atoms with Crippen LogP contribution in [0.3, 0.4) is 0 Å². The molecule has 0 nitrogen and oxygen atoms in total. The van der Waals surface area contributed by atoms with E-state index in [1.807, 2.05) is 13.8 Å². The lowest BCUT2D eigenvalue weighted by Gasteiger charge is -2.16. The molecule has 0 saturated heterocycles. The Morgan fingerprint density at radius 1 is 1.33 bits per heavy atom. The average Bonchev–Trinajstić information content (AvgIpc) is 2.24. The molecule has 1 aliphatic carbocycles. The Balaban J connectivity index is 0.000000921. The molecule has 0 heterocycles. The maximum atomic E-state index is 3.99. The largest absolute Gasteiger partial charge is 0.0999 e. The van der Waals surface area contributed by atoms with E-state index < -0.39 is 0 Å². The molecule has 1 aliphatic rings. The lowest BCUT2D eigenvalue weighted by molar-refractivity contribution is 0.649. The van der Waals surface area contributed by atoms with Crippen LogP contribution in [0.5, 0.6) is 0 Å². The second-order valence-electron chi connectivity index (χ2n) is 4.29. The molecule has 1 atom stereocenters. The molecule has 0 aromatic carbocycles. The number of allylic oxidation sites excluding steroid dienone is 5. The van der Waals surface area contributed by atoms with Gasteiger partial charge in [-0.05, 0) is 39.0 Å². The van der Waals surface area contributed by atoms with E-state index in [1.165, 1.54) is 30.4 Å². The summed E-state index contributed by atoms with van der Waals surface area (Å²) >= 11 is 0. The van der Waals surface area contributed by atoms with Crippen molar-refractivity contribution < 1.29 is 0 Å². The van der Waals surface area contributed by atoms with Crippen LogP contribution in [-0.2, 0) is 0 Å². The fraction of sp³-hybridized carbons (Fsp3) is 0.600. The van der Waals surface area contributed by atoms with Gasteiger partial charge in [0.05, 0.1) is 0 Å². The molecule has 15 heavy (non-hydrogen) atoms. The van der Waals surface area contributed by atoms with Gasteiger partial charge in [-0.3, -0.25) is 0 Å². The predicted octanol–water partition coefficient (Wildman–Crippen LogP) is 5.28. The molecule has 0 heteroatoms. The first-order valence-electron chi connectivity index (χ1n) is 6.10. The first-order valence-corrected chi connectivity index (χ1v) is 6.10. The maximum Gasteiger partial charge on any atom is -0.0200 e. The van der Waals surface area contributed by atoms with Gasteiger partial charge in [-0.2, -0.15) is 0 Å². The van der Waals surface area contributed by atoms with E-state index in [2.05, 4.69) is 39.5 Å². The van der Waals surface area contributed by atoms with Crippen molar-refractivity contribution in [1.29, 1.82) is 0 Å². The van der Waals surface area contributed by atoms with Crippen molar-refractivity contribution >= 4 is 0 Å². The van der Waals surface area contributed by atoms with E-state index in [9.17, 15) is 0 Å². The van der Waals surface area contributed by atoms with E-state index >= 15 is 0 Å². The topological polar surface area (TPSA) is 0 Å². The maximum absolute atomic E-state index is 3.99. The second kappa shape index (κ2) is 7.50. The third-order valence-electron chi connectivity index (χ3n) is 2.85. The molecule has 0 fully saturated rings. The van der Waals surface area contributed by atoms with Crippen molar-refractivity contribution in [3.63, 3.8) is 0 Å². The van der Waals surface area contributed by atoms with E-state index in [-0.39, 0.29) is 0 Å². The minimum absolute atomic E-state index is 0.637. The molecule has 0 aromatic rings. The molecule has 0 radical (unpaired) electrons. The summed E-state index contributed by atoms with van der Waals surface area (Å²) in [5.41, 5.74) is 4.39. The van der Waals surface area contributed by atoms with Crippen molar-refractivity contribution in [2.45, 2.75) is 53.9 Å². The molecule has 0 spiro atoms. The molecule has 86 valence electrons. The zero-order valence-corrected chi connectivity index (χ0v) is 11.1. The lowest BCUT2D eigenvalue weighted by atomic mass is 9.89. The van der Waals surface area contributed by atoms with Gasteiger partial charge in [-0.25, -0.2) is 0 Å². The molecule has 0 N–H and O–H groups in total. The van der Waals surface area contributed by atoms with Crippen LogP contribution in [0, 0.1) is 5.92 Å².